The molecule has 3 N–H and O–H groups in total. The van der Waals surface area contributed by atoms with Crippen LogP contribution in [0, 0.1) is 13.8 Å². The molecule has 3 rings (SSSR count). The van der Waals surface area contributed by atoms with Gasteiger partial charge in [-0.3, -0.25) is 0 Å². The first kappa shape index (κ1) is 14.1. The molecular formula is C18H17N3O. The molecule has 0 aliphatic rings. The second-order valence-electron chi connectivity index (χ2n) is 5.40. The Bertz CT molecular complexity index is 880. The van der Waals surface area contributed by atoms with Crippen molar-refractivity contribution in [2.45, 2.75) is 13.8 Å². The Morgan fingerprint density at radius 2 is 1.68 bits per heavy atom. The molecule has 4 heteroatoms. The zero-order valence-corrected chi connectivity index (χ0v) is 12.5. The predicted octanol–water partition coefficient (Wildman–Crippen LogP) is 5.16. The fourth-order valence-electron chi connectivity index (χ4n) is 2.34. The monoisotopic (exact) mass is 291 g/mol. The summed E-state index contributed by atoms with van der Waals surface area (Å²) in [5.74, 6) is 0.119. The van der Waals surface area contributed by atoms with Gasteiger partial charge in [0.1, 0.15) is 11.4 Å². The number of azo groups is 1. The molecule has 0 saturated heterocycles. The van der Waals surface area contributed by atoms with Crippen molar-refractivity contribution in [1.82, 2.24) is 0 Å². The summed E-state index contributed by atoms with van der Waals surface area (Å²) in [7, 11) is 0. The Morgan fingerprint density at radius 1 is 0.909 bits per heavy atom. The third-order valence-electron chi connectivity index (χ3n) is 3.65. The van der Waals surface area contributed by atoms with Gasteiger partial charge in [0.25, 0.3) is 0 Å². The number of phenolic OH excluding ortho intramolecular Hbond substituents is 1. The Labute approximate surface area is 128 Å². The normalized spacial score (nSPS) is 11.4. The van der Waals surface area contributed by atoms with E-state index in [-0.39, 0.29) is 5.75 Å². The van der Waals surface area contributed by atoms with Crippen LogP contribution in [0.25, 0.3) is 10.8 Å². The van der Waals surface area contributed by atoms with Gasteiger partial charge in [-0.1, -0.05) is 23.8 Å². The van der Waals surface area contributed by atoms with E-state index in [1.165, 1.54) is 0 Å². The van der Waals surface area contributed by atoms with Gasteiger partial charge in [-0.25, -0.2) is 0 Å². The molecule has 0 aliphatic carbocycles. The molecule has 3 aromatic rings. The molecule has 22 heavy (non-hydrogen) atoms. The molecule has 0 bridgehead atoms. The number of fused-ring (bicyclic) bond motifs is 1. The molecule has 0 amide bonds. The summed E-state index contributed by atoms with van der Waals surface area (Å²) in [5.41, 5.74) is 9.77. The van der Waals surface area contributed by atoms with Crippen LogP contribution < -0.4 is 5.73 Å². The highest BCUT2D eigenvalue weighted by Gasteiger charge is 2.07. The van der Waals surface area contributed by atoms with Crippen LogP contribution in [-0.2, 0) is 0 Å². The Balaban J connectivity index is 2.09. The van der Waals surface area contributed by atoms with E-state index in [1.54, 1.807) is 18.2 Å². The number of nitrogens with two attached hydrogens (primary N) is 1. The number of hydrogen-bond donors (Lipinski definition) is 2. The van der Waals surface area contributed by atoms with Crippen LogP contribution in [0.5, 0.6) is 5.75 Å². The van der Waals surface area contributed by atoms with Crippen molar-refractivity contribution in [3.05, 3.63) is 59.7 Å². The molecule has 110 valence electrons. The number of phenols is 1. The van der Waals surface area contributed by atoms with Crippen LogP contribution in [0.4, 0.5) is 17.1 Å². The number of aryl methyl sites for hydroxylation is 2. The molecule has 0 fully saturated rings. The zero-order valence-electron chi connectivity index (χ0n) is 12.5. The van der Waals surface area contributed by atoms with Crippen LogP contribution in [0.3, 0.4) is 0 Å². The van der Waals surface area contributed by atoms with E-state index in [9.17, 15) is 5.11 Å². The number of benzene rings is 3. The first-order valence-electron chi connectivity index (χ1n) is 7.05. The van der Waals surface area contributed by atoms with E-state index in [1.807, 2.05) is 44.2 Å². The van der Waals surface area contributed by atoms with Gasteiger partial charge in [0, 0.05) is 11.1 Å². The minimum atomic E-state index is 0.119. The fraction of sp³-hybridized carbons (Fsp3) is 0.111. The summed E-state index contributed by atoms with van der Waals surface area (Å²) < 4.78 is 0. The first-order chi connectivity index (χ1) is 10.5. The summed E-state index contributed by atoms with van der Waals surface area (Å²) in [6, 6.07) is 15.0. The minimum absolute atomic E-state index is 0.119. The van der Waals surface area contributed by atoms with Crippen LogP contribution >= 0.6 is 0 Å². The lowest BCUT2D eigenvalue weighted by molar-refractivity contribution is 0.477. The second-order valence-corrected chi connectivity index (χ2v) is 5.40. The van der Waals surface area contributed by atoms with Gasteiger partial charge in [-0.15, -0.1) is 5.11 Å². The molecule has 0 saturated carbocycles. The molecule has 0 atom stereocenters. The molecule has 0 spiro atoms. The van der Waals surface area contributed by atoms with Crippen LogP contribution in [0.2, 0.25) is 0 Å². The predicted molar refractivity (Wildman–Crippen MR) is 90.1 cm³/mol. The molecule has 0 aliphatic heterocycles. The highest BCUT2D eigenvalue weighted by molar-refractivity contribution is 5.95. The van der Waals surface area contributed by atoms with Gasteiger partial charge in [0.15, 0.2) is 0 Å². The maximum absolute atomic E-state index is 10.1. The molecule has 4 nitrogen and oxygen atoms in total. The fourth-order valence-corrected chi connectivity index (χ4v) is 2.34. The van der Waals surface area contributed by atoms with Gasteiger partial charge < -0.3 is 10.8 Å². The van der Waals surface area contributed by atoms with Crippen molar-refractivity contribution in [3.8, 4) is 5.75 Å². The summed E-state index contributed by atoms with van der Waals surface area (Å²) in [4.78, 5) is 0. The lowest BCUT2D eigenvalue weighted by Crippen LogP contribution is -1.87. The van der Waals surface area contributed by atoms with E-state index in [4.69, 9.17) is 5.73 Å². The van der Waals surface area contributed by atoms with Crippen molar-refractivity contribution >= 4 is 27.8 Å². The summed E-state index contributed by atoms with van der Waals surface area (Å²) in [6.45, 7) is 3.93. The number of aromatic hydroxyl groups is 1. The Hall–Kier alpha value is -2.88. The van der Waals surface area contributed by atoms with Crippen molar-refractivity contribution < 1.29 is 5.11 Å². The van der Waals surface area contributed by atoms with Crippen molar-refractivity contribution in [2.75, 3.05) is 5.73 Å². The standard InChI is InChI=1S/C18H17N3O/c1-11-3-4-13-5-8-17(22)18(15(13)9-11)21-20-14-6-7-16(19)12(2)10-14/h3-10,22H,19H2,1-2H3. The lowest BCUT2D eigenvalue weighted by Gasteiger charge is -2.05. The molecule has 0 radical (unpaired) electrons. The smallest absolute Gasteiger partial charge is 0.143 e. The Kier molecular flexibility index (Phi) is 3.51. The second kappa shape index (κ2) is 5.48. The van der Waals surface area contributed by atoms with E-state index >= 15 is 0 Å². The third-order valence-corrected chi connectivity index (χ3v) is 3.65. The first-order valence-corrected chi connectivity index (χ1v) is 7.05. The number of nitrogen functional groups attached to an aromatic ring is 1. The highest BCUT2D eigenvalue weighted by Crippen LogP contribution is 2.36. The summed E-state index contributed by atoms with van der Waals surface area (Å²) in [5, 5.41) is 20.5. The van der Waals surface area contributed by atoms with E-state index < -0.39 is 0 Å². The van der Waals surface area contributed by atoms with Gasteiger partial charge in [-0.2, -0.15) is 5.11 Å². The van der Waals surface area contributed by atoms with Gasteiger partial charge in [-0.05, 0) is 55.1 Å². The van der Waals surface area contributed by atoms with Crippen molar-refractivity contribution in [1.29, 1.82) is 0 Å². The van der Waals surface area contributed by atoms with Crippen molar-refractivity contribution in [3.63, 3.8) is 0 Å². The molecule has 0 aromatic heterocycles. The molecule has 3 aromatic carbocycles. The molecular weight excluding hydrogens is 274 g/mol. The average Bonchev–Trinajstić information content (AvgIpc) is 2.49. The van der Waals surface area contributed by atoms with Gasteiger partial charge >= 0.3 is 0 Å². The zero-order chi connectivity index (χ0) is 15.7. The van der Waals surface area contributed by atoms with Crippen LogP contribution in [0.15, 0.2) is 58.8 Å². The Morgan fingerprint density at radius 3 is 2.45 bits per heavy atom. The largest absolute Gasteiger partial charge is 0.506 e. The number of nitrogens with zero attached hydrogens (tertiary/aromatic N) is 2. The van der Waals surface area contributed by atoms with Crippen LogP contribution in [-0.4, -0.2) is 5.11 Å². The van der Waals surface area contributed by atoms with Crippen molar-refractivity contribution in [2.24, 2.45) is 10.2 Å². The summed E-state index contributed by atoms with van der Waals surface area (Å²) >= 11 is 0. The maximum Gasteiger partial charge on any atom is 0.143 e. The number of hydrogen-bond acceptors (Lipinski definition) is 4. The number of rotatable bonds is 2. The summed E-state index contributed by atoms with van der Waals surface area (Å²) in [6.07, 6.45) is 0. The third kappa shape index (κ3) is 2.63. The van der Waals surface area contributed by atoms with Gasteiger partial charge in [0.05, 0.1) is 5.69 Å². The molecule has 0 heterocycles. The maximum atomic E-state index is 10.1. The topological polar surface area (TPSA) is 71.0 Å². The SMILES string of the molecule is Cc1ccc2ccc(O)c(N=Nc3ccc(N)c(C)c3)c2c1. The van der Waals surface area contributed by atoms with E-state index in [0.29, 0.717) is 11.4 Å². The lowest BCUT2D eigenvalue weighted by atomic mass is 10.1. The highest BCUT2D eigenvalue weighted by atomic mass is 16.3. The minimum Gasteiger partial charge on any atom is -0.506 e. The van der Waals surface area contributed by atoms with Crippen LogP contribution in [0.1, 0.15) is 11.1 Å². The average molecular weight is 291 g/mol. The van der Waals surface area contributed by atoms with Gasteiger partial charge in [0.2, 0.25) is 0 Å². The quantitative estimate of drug-likeness (QED) is 0.505. The number of anilines is 1. The van der Waals surface area contributed by atoms with E-state index in [2.05, 4.69) is 10.2 Å². The molecule has 0 unspecified atom stereocenters. The van der Waals surface area contributed by atoms with E-state index in [0.717, 1.165) is 27.6 Å².